The zero-order valence-electron chi connectivity index (χ0n) is 25.7. The van der Waals surface area contributed by atoms with Crippen LogP contribution in [0.4, 0.5) is 0 Å². The second-order valence-electron chi connectivity index (χ2n) is 14.1. The van der Waals surface area contributed by atoms with Gasteiger partial charge in [0.15, 0.2) is 0 Å². The van der Waals surface area contributed by atoms with E-state index in [1.165, 1.54) is 32.8 Å². The quantitative estimate of drug-likeness (QED) is 0.209. The molecule has 4 aliphatic rings. The smallest absolute Gasteiger partial charge is 0.302 e. The van der Waals surface area contributed by atoms with Gasteiger partial charge in [0.1, 0.15) is 12.2 Å². The number of carbonyl (C=O) groups is 3. The van der Waals surface area contributed by atoms with Gasteiger partial charge in [-0.05, 0) is 73.5 Å². The van der Waals surface area contributed by atoms with Crippen LogP contribution in [0.2, 0.25) is 0 Å². The summed E-state index contributed by atoms with van der Waals surface area (Å²) in [6.45, 7) is 13.9. The van der Waals surface area contributed by atoms with E-state index in [-0.39, 0.29) is 46.7 Å². The van der Waals surface area contributed by atoms with Gasteiger partial charge in [0.2, 0.25) is 0 Å². The van der Waals surface area contributed by atoms with Crippen LogP contribution in [0.15, 0.2) is 11.6 Å². The third-order valence-corrected chi connectivity index (χ3v) is 11.1. The van der Waals surface area contributed by atoms with Gasteiger partial charge in [-0.2, -0.15) is 0 Å². The molecule has 0 radical (unpaired) electrons. The lowest BCUT2D eigenvalue weighted by atomic mass is 9.46. The van der Waals surface area contributed by atoms with Crippen molar-refractivity contribution in [2.24, 2.45) is 46.3 Å². The van der Waals surface area contributed by atoms with Gasteiger partial charge in [-0.3, -0.25) is 14.4 Å². The molecule has 0 heterocycles. The molecule has 0 aromatic rings. The van der Waals surface area contributed by atoms with Gasteiger partial charge >= 0.3 is 17.9 Å². The number of aliphatic hydroxyl groups is 1. The van der Waals surface area contributed by atoms with Crippen LogP contribution in [-0.4, -0.2) is 47.9 Å². The molecule has 3 saturated carbocycles. The van der Waals surface area contributed by atoms with Crippen molar-refractivity contribution >= 4 is 17.9 Å². The molecule has 4 aliphatic carbocycles. The van der Waals surface area contributed by atoms with Crippen molar-refractivity contribution in [1.29, 1.82) is 0 Å². The summed E-state index contributed by atoms with van der Waals surface area (Å²) in [6.07, 6.45) is 9.06. The Morgan fingerprint density at radius 2 is 1.68 bits per heavy atom. The third kappa shape index (κ3) is 6.00. The average molecular weight is 561 g/mol. The first-order chi connectivity index (χ1) is 18.8. The van der Waals surface area contributed by atoms with Crippen LogP contribution >= 0.6 is 0 Å². The van der Waals surface area contributed by atoms with Crippen LogP contribution in [0.1, 0.15) is 106 Å². The van der Waals surface area contributed by atoms with Crippen molar-refractivity contribution in [3.05, 3.63) is 11.6 Å². The summed E-state index contributed by atoms with van der Waals surface area (Å²) in [5.74, 6) is 1.21. The van der Waals surface area contributed by atoms with E-state index in [0.717, 1.165) is 38.5 Å². The van der Waals surface area contributed by atoms with E-state index in [1.807, 2.05) is 0 Å². The maximum absolute atomic E-state index is 12.3. The predicted molar refractivity (Wildman–Crippen MR) is 152 cm³/mol. The zero-order valence-corrected chi connectivity index (χ0v) is 25.7. The molecule has 4 rings (SSSR count). The van der Waals surface area contributed by atoms with Gasteiger partial charge in [0.05, 0.1) is 12.7 Å². The first kappa shape index (κ1) is 31.1. The number of hydrogen-bond donors (Lipinski definition) is 1. The average Bonchev–Trinajstić information content (AvgIpc) is 3.16. The molecular weight excluding hydrogens is 508 g/mol. The van der Waals surface area contributed by atoms with Crippen molar-refractivity contribution in [2.75, 3.05) is 6.61 Å². The van der Waals surface area contributed by atoms with Crippen molar-refractivity contribution in [3.63, 3.8) is 0 Å². The predicted octanol–water partition coefficient (Wildman–Crippen LogP) is 6.02. The van der Waals surface area contributed by atoms with Crippen LogP contribution < -0.4 is 0 Å². The van der Waals surface area contributed by atoms with E-state index in [0.29, 0.717) is 43.1 Å². The van der Waals surface area contributed by atoms with Crippen LogP contribution in [0, 0.1) is 46.3 Å². The zero-order chi connectivity index (χ0) is 29.4. The number of rotatable bonds is 9. The van der Waals surface area contributed by atoms with Gasteiger partial charge in [-0.1, -0.05) is 58.6 Å². The molecular formula is C33H52O7. The summed E-state index contributed by atoms with van der Waals surface area (Å²) in [6, 6.07) is 0. The van der Waals surface area contributed by atoms with E-state index in [9.17, 15) is 19.5 Å². The topological polar surface area (TPSA) is 99.1 Å². The Bertz CT molecular complexity index is 987. The van der Waals surface area contributed by atoms with Crippen molar-refractivity contribution in [2.45, 2.75) is 125 Å². The maximum Gasteiger partial charge on any atom is 0.302 e. The minimum absolute atomic E-state index is 0.133. The minimum atomic E-state index is -0.678. The van der Waals surface area contributed by atoms with E-state index in [1.54, 1.807) is 0 Å². The van der Waals surface area contributed by atoms with Crippen molar-refractivity contribution in [1.82, 2.24) is 0 Å². The molecule has 226 valence electrons. The molecule has 7 heteroatoms. The number of fused-ring (bicyclic) bond motifs is 5. The molecule has 0 bridgehead atoms. The van der Waals surface area contributed by atoms with E-state index in [4.69, 9.17) is 14.2 Å². The Hall–Kier alpha value is -1.89. The molecule has 0 spiro atoms. The molecule has 0 aromatic carbocycles. The summed E-state index contributed by atoms with van der Waals surface area (Å²) >= 11 is 0. The highest BCUT2D eigenvalue weighted by Gasteiger charge is 2.65. The normalized spacial score (nSPS) is 39.3. The first-order valence-electron chi connectivity index (χ1n) is 15.6. The Morgan fingerprint density at radius 1 is 1.00 bits per heavy atom. The van der Waals surface area contributed by atoms with Crippen LogP contribution in [0.3, 0.4) is 0 Å². The molecule has 10 atom stereocenters. The maximum atomic E-state index is 12.3. The van der Waals surface area contributed by atoms with Crippen molar-refractivity contribution in [3.8, 4) is 0 Å². The number of esters is 3. The standard InChI is InChI=1S/C33H52O7/c1-19(2)9-8-10-20(3)31-29(39-22(5)35)16-27-25-12-11-24-15-28(37)30(40-23(6)36)17-32(24,7)26(25)13-14-33(27,31)18-38-21(4)34/h11,19-20,25-31,37H,8-10,12-18H2,1-7H3. The van der Waals surface area contributed by atoms with Gasteiger partial charge in [-0.25, -0.2) is 0 Å². The lowest BCUT2D eigenvalue weighted by molar-refractivity contribution is -0.166. The van der Waals surface area contributed by atoms with Crippen LogP contribution in [0.25, 0.3) is 0 Å². The number of aliphatic hydroxyl groups excluding tert-OH is 1. The highest BCUT2D eigenvalue weighted by molar-refractivity contribution is 5.67. The summed E-state index contributed by atoms with van der Waals surface area (Å²) < 4.78 is 17.6. The number of allylic oxidation sites excluding steroid dienone is 1. The first-order valence-corrected chi connectivity index (χ1v) is 15.6. The van der Waals surface area contributed by atoms with Crippen LogP contribution in [-0.2, 0) is 28.6 Å². The molecule has 0 amide bonds. The SMILES string of the molecule is CC(=O)OCC12CCC3C(CC=C4CC(O)C(OC(C)=O)CC43C)C1CC(OC(C)=O)C2C(C)CCCC(C)C. The lowest BCUT2D eigenvalue weighted by Crippen LogP contribution is -2.55. The van der Waals surface area contributed by atoms with E-state index in [2.05, 4.69) is 33.8 Å². The number of hydrogen-bond acceptors (Lipinski definition) is 7. The highest BCUT2D eigenvalue weighted by Crippen LogP contribution is 2.68. The lowest BCUT2D eigenvalue weighted by Gasteiger charge is -2.59. The molecule has 7 nitrogen and oxygen atoms in total. The summed E-state index contributed by atoms with van der Waals surface area (Å²) in [4.78, 5) is 36.3. The molecule has 3 fully saturated rings. The van der Waals surface area contributed by atoms with Crippen molar-refractivity contribution < 1.29 is 33.7 Å². The van der Waals surface area contributed by atoms with E-state index < -0.39 is 12.2 Å². The highest BCUT2D eigenvalue weighted by atomic mass is 16.6. The number of carbonyl (C=O) groups excluding carboxylic acids is 3. The summed E-state index contributed by atoms with van der Waals surface area (Å²) in [7, 11) is 0. The Kier molecular flexibility index (Phi) is 9.43. The molecule has 1 N–H and O–H groups in total. The fraction of sp³-hybridized carbons (Fsp3) is 0.848. The third-order valence-electron chi connectivity index (χ3n) is 11.1. The number of ether oxygens (including phenoxy) is 3. The van der Waals surface area contributed by atoms with Gasteiger partial charge in [0.25, 0.3) is 0 Å². The molecule has 40 heavy (non-hydrogen) atoms. The second kappa shape index (κ2) is 12.1. The van der Waals surface area contributed by atoms with Gasteiger partial charge in [-0.15, -0.1) is 0 Å². The summed E-state index contributed by atoms with van der Waals surface area (Å²) in [5.41, 5.74) is 0.869. The Labute approximate surface area is 240 Å². The van der Waals surface area contributed by atoms with E-state index >= 15 is 0 Å². The van der Waals surface area contributed by atoms with Gasteiger partial charge < -0.3 is 19.3 Å². The molecule has 0 aliphatic heterocycles. The Morgan fingerprint density at radius 3 is 2.30 bits per heavy atom. The molecule has 0 aromatic heterocycles. The fourth-order valence-corrected chi connectivity index (χ4v) is 9.64. The van der Waals surface area contributed by atoms with Crippen LogP contribution in [0.5, 0.6) is 0 Å². The summed E-state index contributed by atoms with van der Waals surface area (Å²) in [5, 5.41) is 10.8. The molecule has 10 unspecified atom stereocenters. The molecule has 0 saturated heterocycles. The second-order valence-corrected chi connectivity index (χ2v) is 14.1. The fourth-order valence-electron chi connectivity index (χ4n) is 9.64. The monoisotopic (exact) mass is 560 g/mol. The Balaban J connectivity index is 1.69. The minimum Gasteiger partial charge on any atom is -0.465 e. The largest absolute Gasteiger partial charge is 0.465 e. The van der Waals surface area contributed by atoms with Gasteiger partial charge in [0, 0.05) is 32.1 Å².